The Kier molecular flexibility index (Phi) is 5.63. The molecule has 1 rings (SSSR count). The van der Waals surface area contributed by atoms with Gasteiger partial charge in [0.25, 0.3) is 0 Å². The van der Waals surface area contributed by atoms with Crippen molar-refractivity contribution >= 4 is 15.9 Å². The van der Waals surface area contributed by atoms with Crippen molar-refractivity contribution in [1.82, 2.24) is 0 Å². The number of benzene rings is 1. The zero-order valence-corrected chi connectivity index (χ0v) is 13.0. The molecule has 1 aromatic carbocycles. The summed E-state index contributed by atoms with van der Waals surface area (Å²) in [4.78, 5) is 0. The maximum Gasteiger partial charge on any atom is 0.124 e. The Labute approximate surface area is 117 Å². The van der Waals surface area contributed by atoms with Crippen molar-refractivity contribution in [2.24, 2.45) is 0 Å². The van der Waals surface area contributed by atoms with Crippen LogP contribution in [0.15, 0.2) is 22.7 Å². The maximum absolute atomic E-state index is 10.3. The Morgan fingerprint density at radius 3 is 2.56 bits per heavy atom. The summed E-state index contributed by atoms with van der Waals surface area (Å²) >= 11 is 3.41. The monoisotopic (exact) mass is 316 g/mol. The van der Waals surface area contributed by atoms with Crippen LogP contribution >= 0.6 is 15.9 Å². The van der Waals surface area contributed by atoms with Crippen LogP contribution in [0.3, 0.4) is 0 Å². The SMILES string of the molecule is COc1ccc(Br)cc1C(O)CCC(C)(C)OC. The Balaban J connectivity index is 2.77. The lowest BCUT2D eigenvalue weighted by atomic mass is 9.96. The standard InChI is InChI=1S/C14H21BrO3/c1-14(2,18-4)8-7-12(16)11-9-10(15)5-6-13(11)17-3/h5-6,9,12,16H,7-8H2,1-4H3. The number of ether oxygens (including phenoxy) is 2. The van der Waals surface area contributed by atoms with Crippen LogP contribution in [0.2, 0.25) is 0 Å². The molecular weight excluding hydrogens is 296 g/mol. The second kappa shape index (κ2) is 6.55. The molecule has 0 aliphatic carbocycles. The van der Waals surface area contributed by atoms with E-state index in [1.807, 2.05) is 32.0 Å². The molecule has 3 nitrogen and oxygen atoms in total. The third kappa shape index (κ3) is 4.26. The molecule has 0 aromatic heterocycles. The summed E-state index contributed by atoms with van der Waals surface area (Å²) in [5.74, 6) is 0.709. The normalized spacial score (nSPS) is 13.4. The molecule has 0 aliphatic rings. The highest BCUT2D eigenvalue weighted by molar-refractivity contribution is 9.10. The molecule has 18 heavy (non-hydrogen) atoms. The van der Waals surface area contributed by atoms with Gasteiger partial charge in [0.15, 0.2) is 0 Å². The minimum absolute atomic E-state index is 0.222. The molecule has 1 N–H and O–H groups in total. The molecule has 102 valence electrons. The Bertz CT molecular complexity index is 391. The van der Waals surface area contributed by atoms with Crippen molar-refractivity contribution in [3.63, 3.8) is 0 Å². The van der Waals surface area contributed by atoms with Crippen LogP contribution in [0.1, 0.15) is 38.4 Å². The number of aliphatic hydroxyl groups excluding tert-OH is 1. The van der Waals surface area contributed by atoms with Crippen molar-refractivity contribution in [2.75, 3.05) is 14.2 Å². The number of aliphatic hydroxyl groups is 1. The van der Waals surface area contributed by atoms with Crippen molar-refractivity contribution < 1.29 is 14.6 Å². The first-order valence-corrected chi connectivity index (χ1v) is 6.75. The first kappa shape index (κ1) is 15.5. The number of methoxy groups -OCH3 is 2. The maximum atomic E-state index is 10.3. The van der Waals surface area contributed by atoms with E-state index in [0.29, 0.717) is 12.2 Å². The van der Waals surface area contributed by atoms with Crippen LogP contribution in [-0.4, -0.2) is 24.9 Å². The van der Waals surface area contributed by atoms with Crippen molar-refractivity contribution in [2.45, 2.75) is 38.4 Å². The summed E-state index contributed by atoms with van der Waals surface area (Å²) in [5, 5.41) is 10.3. The van der Waals surface area contributed by atoms with E-state index in [2.05, 4.69) is 15.9 Å². The van der Waals surface area contributed by atoms with Gasteiger partial charge in [0, 0.05) is 17.1 Å². The van der Waals surface area contributed by atoms with Gasteiger partial charge in [-0.3, -0.25) is 0 Å². The second-order valence-electron chi connectivity index (χ2n) is 4.90. The van der Waals surface area contributed by atoms with Gasteiger partial charge in [0.1, 0.15) is 5.75 Å². The quantitative estimate of drug-likeness (QED) is 0.869. The van der Waals surface area contributed by atoms with Gasteiger partial charge in [-0.25, -0.2) is 0 Å². The summed E-state index contributed by atoms with van der Waals surface area (Å²) in [5.41, 5.74) is 0.582. The number of hydrogen-bond donors (Lipinski definition) is 1. The zero-order chi connectivity index (χ0) is 13.8. The number of rotatable bonds is 6. The molecule has 1 atom stereocenters. The first-order valence-electron chi connectivity index (χ1n) is 5.96. The topological polar surface area (TPSA) is 38.7 Å². The summed E-state index contributed by atoms with van der Waals surface area (Å²) in [6.07, 6.45) is 0.862. The first-order chi connectivity index (χ1) is 8.39. The van der Waals surface area contributed by atoms with Crippen LogP contribution in [0, 0.1) is 0 Å². The number of hydrogen-bond acceptors (Lipinski definition) is 3. The predicted octanol–water partition coefficient (Wildman–Crippen LogP) is 3.70. The minimum Gasteiger partial charge on any atom is -0.496 e. The lowest BCUT2D eigenvalue weighted by molar-refractivity contribution is 0.00259. The molecule has 1 unspecified atom stereocenters. The molecule has 0 fully saturated rings. The van der Waals surface area contributed by atoms with E-state index in [-0.39, 0.29) is 5.60 Å². The van der Waals surface area contributed by atoms with E-state index in [1.165, 1.54) is 0 Å². The summed E-state index contributed by atoms with van der Waals surface area (Å²) < 4.78 is 11.6. The van der Waals surface area contributed by atoms with E-state index in [4.69, 9.17) is 9.47 Å². The highest BCUT2D eigenvalue weighted by atomic mass is 79.9. The molecule has 1 aromatic rings. The fourth-order valence-corrected chi connectivity index (χ4v) is 2.09. The van der Waals surface area contributed by atoms with Gasteiger partial charge < -0.3 is 14.6 Å². The van der Waals surface area contributed by atoms with Crippen LogP contribution in [-0.2, 0) is 4.74 Å². The van der Waals surface area contributed by atoms with Crippen LogP contribution < -0.4 is 4.74 Å². The van der Waals surface area contributed by atoms with Crippen LogP contribution in [0.4, 0.5) is 0 Å². The van der Waals surface area contributed by atoms with Gasteiger partial charge in [0.05, 0.1) is 18.8 Å². The average Bonchev–Trinajstić information content (AvgIpc) is 2.36. The predicted molar refractivity (Wildman–Crippen MR) is 76.0 cm³/mol. The lowest BCUT2D eigenvalue weighted by Gasteiger charge is -2.24. The fourth-order valence-electron chi connectivity index (χ4n) is 1.71. The van der Waals surface area contributed by atoms with Gasteiger partial charge in [-0.1, -0.05) is 15.9 Å². The molecule has 0 aliphatic heterocycles. The molecule has 0 heterocycles. The van der Waals surface area contributed by atoms with Crippen molar-refractivity contribution in [3.05, 3.63) is 28.2 Å². The second-order valence-corrected chi connectivity index (χ2v) is 5.82. The van der Waals surface area contributed by atoms with E-state index in [1.54, 1.807) is 14.2 Å². The molecule has 0 saturated carbocycles. The fraction of sp³-hybridized carbons (Fsp3) is 0.571. The van der Waals surface area contributed by atoms with E-state index < -0.39 is 6.10 Å². The molecule has 0 spiro atoms. The average molecular weight is 317 g/mol. The molecule has 0 radical (unpaired) electrons. The largest absolute Gasteiger partial charge is 0.496 e. The molecular formula is C14H21BrO3. The van der Waals surface area contributed by atoms with Crippen LogP contribution in [0.5, 0.6) is 5.75 Å². The third-order valence-corrected chi connectivity index (χ3v) is 3.62. The number of halogens is 1. The summed E-state index contributed by atoms with van der Waals surface area (Å²) in [7, 11) is 3.30. The van der Waals surface area contributed by atoms with Crippen LogP contribution in [0.25, 0.3) is 0 Å². The van der Waals surface area contributed by atoms with E-state index in [0.717, 1.165) is 16.5 Å². The smallest absolute Gasteiger partial charge is 0.124 e. The van der Waals surface area contributed by atoms with E-state index >= 15 is 0 Å². The highest BCUT2D eigenvalue weighted by Gasteiger charge is 2.20. The Morgan fingerprint density at radius 1 is 1.33 bits per heavy atom. The van der Waals surface area contributed by atoms with Gasteiger partial charge in [-0.15, -0.1) is 0 Å². The van der Waals surface area contributed by atoms with Gasteiger partial charge >= 0.3 is 0 Å². The highest BCUT2D eigenvalue weighted by Crippen LogP contribution is 2.32. The zero-order valence-electron chi connectivity index (χ0n) is 11.4. The van der Waals surface area contributed by atoms with Gasteiger partial charge in [-0.2, -0.15) is 0 Å². The Hall–Kier alpha value is -0.580. The molecule has 0 amide bonds. The van der Waals surface area contributed by atoms with Crippen molar-refractivity contribution in [3.8, 4) is 5.75 Å². The van der Waals surface area contributed by atoms with E-state index in [9.17, 15) is 5.11 Å². The lowest BCUT2D eigenvalue weighted by Crippen LogP contribution is -2.23. The summed E-state index contributed by atoms with van der Waals surface area (Å²) in [6.45, 7) is 4.02. The molecule has 0 saturated heterocycles. The minimum atomic E-state index is -0.549. The molecule has 0 bridgehead atoms. The molecule has 4 heteroatoms. The third-order valence-electron chi connectivity index (χ3n) is 3.12. The Morgan fingerprint density at radius 2 is 2.00 bits per heavy atom. The summed E-state index contributed by atoms with van der Waals surface area (Å²) in [6, 6.07) is 5.64. The van der Waals surface area contributed by atoms with Gasteiger partial charge in [0.2, 0.25) is 0 Å². The van der Waals surface area contributed by atoms with Gasteiger partial charge in [-0.05, 0) is 44.9 Å². The van der Waals surface area contributed by atoms with Crippen molar-refractivity contribution in [1.29, 1.82) is 0 Å².